The van der Waals surface area contributed by atoms with Crippen LogP contribution in [-0.2, 0) is 0 Å². The molecule has 1 aliphatic carbocycles. The fourth-order valence-corrected chi connectivity index (χ4v) is 2.64. The van der Waals surface area contributed by atoms with Gasteiger partial charge in [0.15, 0.2) is 0 Å². The molecule has 2 aromatic rings. The molecule has 0 radical (unpaired) electrons. The Morgan fingerprint density at radius 2 is 2.00 bits per heavy atom. The Labute approximate surface area is 124 Å². The number of aromatic nitrogens is 3. The van der Waals surface area contributed by atoms with Gasteiger partial charge in [0.25, 0.3) is 0 Å². The smallest absolute Gasteiger partial charge is 0.125 e. The van der Waals surface area contributed by atoms with Gasteiger partial charge in [-0.3, -0.25) is 4.98 Å². The molecule has 0 spiro atoms. The van der Waals surface area contributed by atoms with E-state index in [0.717, 1.165) is 42.2 Å². The lowest BCUT2D eigenvalue weighted by Gasteiger charge is -2.26. The fourth-order valence-electron chi connectivity index (χ4n) is 2.64. The minimum atomic E-state index is -0.241. The van der Waals surface area contributed by atoms with Crippen molar-refractivity contribution in [2.24, 2.45) is 0 Å². The van der Waals surface area contributed by atoms with E-state index in [1.165, 1.54) is 0 Å². The number of nitrogens with zero attached hydrogens (tertiary/aromatic N) is 3. The Balaban J connectivity index is 1.77. The zero-order chi connectivity index (χ0) is 14.7. The van der Waals surface area contributed by atoms with Crippen LogP contribution >= 0.6 is 0 Å². The Hall–Kier alpha value is -2.01. The summed E-state index contributed by atoms with van der Waals surface area (Å²) in [6.45, 7) is 1.85. The van der Waals surface area contributed by atoms with E-state index in [2.05, 4.69) is 15.0 Å². The van der Waals surface area contributed by atoms with Gasteiger partial charge in [0.05, 0.1) is 17.5 Å². The summed E-state index contributed by atoms with van der Waals surface area (Å²) in [5, 5.41) is 9.71. The van der Waals surface area contributed by atoms with E-state index in [9.17, 15) is 5.11 Å². The average molecular weight is 285 g/mol. The summed E-state index contributed by atoms with van der Waals surface area (Å²) in [5.74, 6) is 1.49. The molecule has 1 N–H and O–H groups in total. The van der Waals surface area contributed by atoms with Crippen LogP contribution in [0.2, 0.25) is 0 Å². The van der Waals surface area contributed by atoms with E-state index in [-0.39, 0.29) is 12.2 Å². The van der Waals surface area contributed by atoms with Crippen molar-refractivity contribution >= 4 is 0 Å². The Morgan fingerprint density at radius 3 is 2.81 bits per heavy atom. The highest BCUT2D eigenvalue weighted by Crippen LogP contribution is 2.25. The molecule has 1 fully saturated rings. The summed E-state index contributed by atoms with van der Waals surface area (Å²) in [5.41, 5.74) is 1.56. The van der Waals surface area contributed by atoms with Crippen molar-refractivity contribution in [3.63, 3.8) is 0 Å². The lowest BCUT2D eigenvalue weighted by molar-refractivity contribution is 0.0536. The number of pyridine rings is 1. The third-order valence-electron chi connectivity index (χ3n) is 3.67. The van der Waals surface area contributed by atoms with E-state index >= 15 is 0 Å². The first-order valence-corrected chi connectivity index (χ1v) is 7.31. The topological polar surface area (TPSA) is 68.1 Å². The van der Waals surface area contributed by atoms with Crippen LogP contribution in [0.5, 0.6) is 5.75 Å². The molecule has 2 aromatic heterocycles. The van der Waals surface area contributed by atoms with E-state index in [1.54, 1.807) is 12.4 Å². The van der Waals surface area contributed by atoms with Gasteiger partial charge in [0.1, 0.15) is 17.7 Å². The second-order valence-corrected chi connectivity index (χ2v) is 5.43. The number of aliphatic hydroxyl groups excluding tert-OH is 1. The second-order valence-electron chi connectivity index (χ2n) is 5.43. The molecule has 1 saturated carbocycles. The van der Waals surface area contributed by atoms with Gasteiger partial charge < -0.3 is 9.84 Å². The molecule has 2 unspecified atom stereocenters. The zero-order valence-corrected chi connectivity index (χ0v) is 12.1. The van der Waals surface area contributed by atoms with Gasteiger partial charge in [-0.2, -0.15) is 0 Å². The molecule has 2 heterocycles. The SMILES string of the molecule is Cc1nccc(-c2cc(OC3CCCC(O)C3)ccn2)n1. The van der Waals surface area contributed by atoms with Crippen LogP contribution in [0.1, 0.15) is 31.5 Å². The number of aryl methyl sites for hydroxylation is 1. The molecule has 0 saturated heterocycles. The summed E-state index contributed by atoms with van der Waals surface area (Å²) < 4.78 is 5.97. The molecule has 3 rings (SSSR count). The van der Waals surface area contributed by atoms with Crippen molar-refractivity contribution in [3.05, 3.63) is 36.4 Å². The van der Waals surface area contributed by atoms with Crippen LogP contribution < -0.4 is 4.74 Å². The summed E-state index contributed by atoms with van der Waals surface area (Å²) in [6.07, 6.45) is 6.86. The van der Waals surface area contributed by atoms with Crippen LogP contribution in [0.3, 0.4) is 0 Å². The number of ether oxygens (including phenoxy) is 1. The van der Waals surface area contributed by atoms with Crippen molar-refractivity contribution in [2.45, 2.75) is 44.8 Å². The number of hydrogen-bond donors (Lipinski definition) is 1. The maximum atomic E-state index is 9.71. The fraction of sp³-hybridized carbons (Fsp3) is 0.438. The highest BCUT2D eigenvalue weighted by molar-refractivity contribution is 5.55. The van der Waals surface area contributed by atoms with Gasteiger partial charge in [-0.15, -0.1) is 0 Å². The molecular weight excluding hydrogens is 266 g/mol. The van der Waals surface area contributed by atoms with Crippen LogP contribution in [-0.4, -0.2) is 32.3 Å². The van der Waals surface area contributed by atoms with Gasteiger partial charge in [-0.25, -0.2) is 9.97 Å². The Morgan fingerprint density at radius 1 is 1.14 bits per heavy atom. The maximum Gasteiger partial charge on any atom is 0.125 e. The summed E-state index contributed by atoms with van der Waals surface area (Å²) in [6, 6.07) is 5.57. The first-order valence-electron chi connectivity index (χ1n) is 7.31. The zero-order valence-electron chi connectivity index (χ0n) is 12.1. The highest BCUT2D eigenvalue weighted by atomic mass is 16.5. The molecule has 0 bridgehead atoms. The van der Waals surface area contributed by atoms with E-state index in [4.69, 9.17) is 4.74 Å². The standard InChI is InChI=1S/C16H19N3O2/c1-11-17-8-6-15(19-11)16-10-14(5-7-18-16)21-13-4-2-3-12(20)9-13/h5-8,10,12-13,20H,2-4,9H2,1H3. The summed E-state index contributed by atoms with van der Waals surface area (Å²) >= 11 is 0. The molecule has 5 heteroatoms. The van der Waals surface area contributed by atoms with Crippen molar-refractivity contribution in [3.8, 4) is 17.1 Å². The quantitative estimate of drug-likeness (QED) is 0.938. The predicted octanol–water partition coefficient (Wildman–Crippen LogP) is 2.53. The minimum Gasteiger partial charge on any atom is -0.490 e. The maximum absolute atomic E-state index is 9.71. The van der Waals surface area contributed by atoms with Gasteiger partial charge in [0, 0.05) is 24.9 Å². The van der Waals surface area contributed by atoms with E-state index < -0.39 is 0 Å². The monoisotopic (exact) mass is 285 g/mol. The molecule has 0 aromatic carbocycles. The normalized spacial score (nSPS) is 22.0. The van der Waals surface area contributed by atoms with Crippen LogP contribution in [0, 0.1) is 6.92 Å². The minimum absolute atomic E-state index is 0.0798. The largest absolute Gasteiger partial charge is 0.490 e. The van der Waals surface area contributed by atoms with Crippen LogP contribution in [0.4, 0.5) is 0 Å². The molecular formula is C16H19N3O2. The molecule has 0 aliphatic heterocycles. The molecule has 2 atom stereocenters. The predicted molar refractivity (Wildman–Crippen MR) is 78.9 cm³/mol. The van der Waals surface area contributed by atoms with Gasteiger partial charge in [0.2, 0.25) is 0 Å². The average Bonchev–Trinajstić information content (AvgIpc) is 2.47. The van der Waals surface area contributed by atoms with E-state index in [1.807, 2.05) is 25.1 Å². The van der Waals surface area contributed by atoms with Crippen molar-refractivity contribution in [2.75, 3.05) is 0 Å². The molecule has 21 heavy (non-hydrogen) atoms. The van der Waals surface area contributed by atoms with Crippen LogP contribution in [0.25, 0.3) is 11.4 Å². The first-order chi connectivity index (χ1) is 10.2. The van der Waals surface area contributed by atoms with E-state index in [0.29, 0.717) is 6.42 Å². The van der Waals surface area contributed by atoms with Gasteiger partial charge >= 0.3 is 0 Å². The summed E-state index contributed by atoms with van der Waals surface area (Å²) in [7, 11) is 0. The number of aliphatic hydroxyl groups is 1. The van der Waals surface area contributed by atoms with Crippen LogP contribution in [0.15, 0.2) is 30.6 Å². The molecule has 1 aliphatic rings. The molecule has 110 valence electrons. The second kappa shape index (κ2) is 6.18. The molecule has 0 amide bonds. The Kier molecular flexibility index (Phi) is 4.10. The van der Waals surface area contributed by atoms with Crippen molar-refractivity contribution < 1.29 is 9.84 Å². The molecule has 5 nitrogen and oxygen atoms in total. The Bertz CT molecular complexity index is 618. The first kappa shape index (κ1) is 13.9. The number of hydrogen-bond acceptors (Lipinski definition) is 5. The van der Waals surface area contributed by atoms with Crippen molar-refractivity contribution in [1.82, 2.24) is 15.0 Å². The summed E-state index contributed by atoms with van der Waals surface area (Å²) in [4.78, 5) is 12.8. The van der Waals surface area contributed by atoms with Gasteiger partial charge in [-0.1, -0.05) is 0 Å². The van der Waals surface area contributed by atoms with Crippen molar-refractivity contribution in [1.29, 1.82) is 0 Å². The number of rotatable bonds is 3. The van der Waals surface area contributed by atoms with Gasteiger partial charge in [-0.05, 0) is 38.3 Å². The third kappa shape index (κ3) is 3.55. The third-order valence-corrected chi connectivity index (χ3v) is 3.67. The highest BCUT2D eigenvalue weighted by Gasteiger charge is 2.21. The lowest BCUT2D eigenvalue weighted by atomic mass is 9.95. The lowest BCUT2D eigenvalue weighted by Crippen LogP contribution is -2.28.